The number of rotatable bonds is 2. The molecule has 0 aromatic carbocycles. The number of nitrogens with two attached hydrogens (primary N) is 2. The quantitative estimate of drug-likeness (QED) is 0.163. The molecule has 0 radical (unpaired) electrons. The van der Waals surface area contributed by atoms with E-state index in [9.17, 15) is 23.9 Å². The van der Waals surface area contributed by atoms with Crippen LogP contribution in [-0.2, 0) is 32.0 Å². The number of fused-ring (bicyclic) bond motifs is 4. The molecule has 6 heterocycles. The van der Waals surface area contributed by atoms with Gasteiger partial charge in [0, 0.05) is 11.8 Å². The molecule has 4 aliphatic rings. The van der Waals surface area contributed by atoms with Gasteiger partial charge in [0.05, 0.1) is 31.7 Å². The van der Waals surface area contributed by atoms with E-state index in [1.54, 1.807) is 4.57 Å². The molecule has 4 aromatic heterocycles. The number of anilines is 2. The maximum Gasteiger partial charge on any atom is 0.472 e. The van der Waals surface area contributed by atoms with Gasteiger partial charge in [0.25, 0.3) is 5.56 Å². The summed E-state index contributed by atoms with van der Waals surface area (Å²) < 4.78 is 57.6. The fraction of sp³-hybridized carbons (Fsp3) is 0.571. The van der Waals surface area contributed by atoms with Crippen LogP contribution in [0.3, 0.4) is 0 Å². The van der Waals surface area contributed by atoms with Crippen molar-refractivity contribution in [3.8, 4) is 0 Å². The van der Waals surface area contributed by atoms with Crippen LogP contribution in [-0.4, -0.2) is 92.1 Å². The Hall–Kier alpha value is -3.39. The summed E-state index contributed by atoms with van der Waals surface area (Å²) in [6, 6.07) is -0.669. The van der Waals surface area contributed by atoms with E-state index in [1.165, 1.54) is 12.7 Å². The third-order valence-corrected chi connectivity index (χ3v) is 10.5. The van der Waals surface area contributed by atoms with Crippen LogP contribution in [0.1, 0.15) is 25.1 Å². The molecule has 234 valence electrons. The van der Waals surface area contributed by atoms with Crippen LogP contribution >= 0.6 is 16.1 Å². The normalized spacial score (nSPS) is 39.0. The first-order chi connectivity index (χ1) is 21.0. The molecule has 2 aliphatic heterocycles. The van der Waals surface area contributed by atoms with Gasteiger partial charge in [0.1, 0.15) is 30.2 Å². The van der Waals surface area contributed by atoms with Crippen molar-refractivity contribution in [2.24, 2.45) is 11.3 Å². The molecular weight excluding hydrogens is 628 g/mol. The van der Waals surface area contributed by atoms with E-state index >= 15 is 0 Å². The highest BCUT2D eigenvalue weighted by Gasteiger charge is 2.73. The lowest BCUT2D eigenvalue weighted by atomic mass is 10.0. The number of aromatic amines is 1. The van der Waals surface area contributed by atoms with Gasteiger partial charge in [-0.3, -0.25) is 23.4 Å². The molecule has 2 aliphatic carbocycles. The summed E-state index contributed by atoms with van der Waals surface area (Å²) in [4.78, 5) is 41.9. The lowest BCUT2D eigenvalue weighted by Gasteiger charge is -2.29. The molecule has 4 fully saturated rings. The first kappa shape index (κ1) is 28.1. The molecule has 1 spiro atoms. The van der Waals surface area contributed by atoms with E-state index < -0.39 is 63.7 Å². The number of nitrogens with one attached hydrogen (secondary N) is 1. The topological polar surface area (TPSA) is 293 Å². The third-order valence-electron chi connectivity index (χ3n) is 8.64. The molecule has 2 bridgehead atoms. The van der Waals surface area contributed by atoms with Crippen LogP contribution in [0.15, 0.2) is 17.4 Å². The summed E-state index contributed by atoms with van der Waals surface area (Å²) in [5.41, 5.74) is 10.5. The molecule has 2 saturated heterocycles. The summed E-state index contributed by atoms with van der Waals surface area (Å²) in [6.45, 7) is -0.650. The highest BCUT2D eigenvalue weighted by atomic mass is 31.2. The van der Waals surface area contributed by atoms with Crippen molar-refractivity contribution in [2.75, 3.05) is 24.7 Å². The van der Waals surface area contributed by atoms with Gasteiger partial charge in [0.15, 0.2) is 28.9 Å². The first-order valence-corrected chi connectivity index (χ1v) is 16.1. The van der Waals surface area contributed by atoms with E-state index in [1.807, 2.05) is 0 Å². The van der Waals surface area contributed by atoms with Crippen LogP contribution in [0.4, 0.5) is 11.8 Å². The minimum absolute atomic E-state index is 0.0195. The molecule has 0 amide bonds. The summed E-state index contributed by atoms with van der Waals surface area (Å²) in [5, 5.41) is 19.2. The molecule has 8 rings (SSSR count). The number of imidazole rings is 1. The van der Waals surface area contributed by atoms with Crippen molar-refractivity contribution in [1.29, 1.82) is 0 Å². The van der Waals surface area contributed by atoms with Gasteiger partial charge in [-0.1, -0.05) is 5.21 Å². The van der Waals surface area contributed by atoms with Crippen LogP contribution in [0, 0.1) is 11.3 Å². The van der Waals surface area contributed by atoms with Gasteiger partial charge >= 0.3 is 16.1 Å². The van der Waals surface area contributed by atoms with E-state index in [0.29, 0.717) is 17.6 Å². The smallest absolute Gasteiger partial charge is 0.388 e. The van der Waals surface area contributed by atoms with Gasteiger partial charge in [0.2, 0.25) is 5.95 Å². The largest absolute Gasteiger partial charge is 0.472 e. The number of nitrogens with zero attached hydrogens (tertiary/aromatic N) is 8. The standard InChI is InChI=1S/C21H25N11O10P2/c22-15-10-16(25-5-24-15)31(6-26-10)12-8-2-21(8)4-39-44(36,37)42-9-1-7(3-38-43(35)41-14(21)13(12)33)40-19(9)32-17-11(29-30-32)18(34)28-20(23)27-17/h5-9,12-14,19,33,43H,1-4H2,(H,36,37)(H2,22,24,25)(H3,23,27,28,34)/t7-,8+,9+,12+,13-,14-,19+,21-/m0/s1. The number of hydrogen-bond donors (Lipinski definition) is 5. The molecule has 4 aromatic rings. The minimum Gasteiger partial charge on any atom is -0.388 e. The summed E-state index contributed by atoms with van der Waals surface area (Å²) in [5.74, 6) is -0.398. The Bertz CT molecular complexity index is 1940. The van der Waals surface area contributed by atoms with Crippen molar-refractivity contribution < 1.29 is 42.0 Å². The zero-order chi connectivity index (χ0) is 30.5. The molecular formula is C21H25N11O10P2. The lowest BCUT2D eigenvalue weighted by molar-refractivity contribution is -0.0628. The van der Waals surface area contributed by atoms with Crippen LogP contribution in [0.25, 0.3) is 22.3 Å². The minimum atomic E-state index is -4.80. The number of H-pyrrole nitrogens is 1. The zero-order valence-electron chi connectivity index (χ0n) is 22.4. The van der Waals surface area contributed by atoms with E-state index in [-0.39, 0.29) is 48.5 Å². The maximum absolute atomic E-state index is 13.3. The first-order valence-electron chi connectivity index (χ1n) is 13.4. The fourth-order valence-electron chi connectivity index (χ4n) is 6.64. The number of aliphatic hydroxyl groups is 1. The molecule has 44 heavy (non-hydrogen) atoms. The van der Waals surface area contributed by atoms with Gasteiger partial charge < -0.3 is 39.8 Å². The SMILES string of the molecule is Nc1nc2c(nnn2[C@@H]2O[C@@H]3CO[PH](=O)O[C@H]4[C@@H](O)[C@H](n5cnc6c(N)ncnc65)[C@H]5C[C@]54COP(=O)(O)O[C@@H]2C3)c(=O)[nH]1. The second kappa shape index (κ2) is 9.80. The number of phosphoric ester groups is 1. The number of aliphatic hydroxyl groups excluding tert-OH is 1. The van der Waals surface area contributed by atoms with Crippen LogP contribution in [0.5, 0.6) is 0 Å². The monoisotopic (exact) mass is 653 g/mol. The Morgan fingerprint density at radius 2 is 2.05 bits per heavy atom. The zero-order valence-corrected chi connectivity index (χ0v) is 24.3. The number of ether oxygens (including phenoxy) is 1. The molecule has 23 heteroatoms. The van der Waals surface area contributed by atoms with E-state index in [2.05, 4.69) is 35.2 Å². The fourth-order valence-corrected chi connectivity index (χ4v) is 8.61. The highest BCUT2D eigenvalue weighted by Crippen LogP contribution is 2.71. The number of hydrogen-bond acceptors (Lipinski definition) is 17. The van der Waals surface area contributed by atoms with Crippen molar-refractivity contribution in [2.45, 2.75) is 49.5 Å². The third kappa shape index (κ3) is 4.31. The van der Waals surface area contributed by atoms with Crippen molar-refractivity contribution in [1.82, 2.24) is 44.5 Å². The molecule has 7 N–H and O–H groups in total. The van der Waals surface area contributed by atoms with Crippen LogP contribution in [0.2, 0.25) is 0 Å². The predicted octanol–water partition coefficient (Wildman–Crippen LogP) is -0.964. The van der Waals surface area contributed by atoms with Crippen LogP contribution < -0.4 is 17.0 Å². The molecule has 2 unspecified atom stereocenters. The van der Waals surface area contributed by atoms with E-state index in [4.69, 9.17) is 34.3 Å². The summed E-state index contributed by atoms with van der Waals surface area (Å²) in [7, 11) is -8.03. The Labute approximate surface area is 245 Å². The molecule has 2 saturated carbocycles. The van der Waals surface area contributed by atoms with Gasteiger partial charge in [-0.05, 0) is 12.3 Å². The average molecular weight is 653 g/mol. The molecule has 10 atom stereocenters. The van der Waals surface area contributed by atoms with Gasteiger partial charge in [-0.2, -0.15) is 9.67 Å². The number of nitrogen functional groups attached to an aromatic ring is 2. The summed E-state index contributed by atoms with van der Waals surface area (Å²) >= 11 is 0. The van der Waals surface area contributed by atoms with E-state index in [0.717, 1.165) is 4.68 Å². The highest BCUT2D eigenvalue weighted by molar-refractivity contribution is 7.47. The Morgan fingerprint density at radius 3 is 2.89 bits per heavy atom. The van der Waals surface area contributed by atoms with Gasteiger partial charge in [-0.25, -0.2) is 19.5 Å². The van der Waals surface area contributed by atoms with Crippen molar-refractivity contribution in [3.05, 3.63) is 23.0 Å². The summed E-state index contributed by atoms with van der Waals surface area (Å²) in [6.07, 6.45) is -2.43. The number of phosphoric acid groups is 1. The van der Waals surface area contributed by atoms with Crippen molar-refractivity contribution in [3.63, 3.8) is 0 Å². The maximum atomic E-state index is 13.3. The predicted molar refractivity (Wildman–Crippen MR) is 145 cm³/mol. The number of aromatic nitrogens is 9. The van der Waals surface area contributed by atoms with Gasteiger partial charge in [-0.15, -0.1) is 5.10 Å². The second-order valence-corrected chi connectivity index (χ2v) is 13.6. The average Bonchev–Trinajstić information content (AvgIpc) is 3.31. The Morgan fingerprint density at radius 1 is 1.20 bits per heavy atom. The van der Waals surface area contributed by atoms with Crippen molar-refractivity contribution >= 4 is 50.2 Å². The lowest BCUT2D eigenvalue weighted by Crippen LogP contribution is -2.37. The molecule has 21 nitrogen and oxygen atoms in total. The Balaban J connectivity index is 1.10. The second-order valence-electron chi connectivity index (χ2n) is 11.1. The Kier molecular flexibility index (Phi) is 6.26.